The molecule has 1 saturated carbocycles. The summed E-state index contributed by atoms with van der Waals surface area (Å²) in [7, 11) is 4.45. The van der Waals surface area contributed by atoms with Gasteiger partial charge in [-0.05, 0) is 58.8 Å². The summed E-state index contributed by atoms with van der Waals surface area (Å²) in [5.41, 5.74) is -0.0910. The van der Waals surface area contributed by atoms with Crippen molar-refractivity contribution in [3.63, 3.8) is 0 Å². The van der Waals surface area contributed by atoms with Crippen LogP contribution in [0.25, 0.3) is 0 Å². The Bertz CT molecular complexity index is 298. The molecule has 2 aliphatic rings. The first kappa shape index (κ1) is 16.2. The second-order valence-corrected chi connectivity index (χ2v) is 7.34. The molecule has 1 unspecified atom stereocenters. The molecule has 0 amide bonds. The average molecular weight is 283 g/mol. The van der Waals surface area contributed by atoms with E-state index in [4.69, 9.17) is 0 Å². The van der Waals surface area contributed by atoms with Gasteiger partial charge in [0.1, 0.15) is 0 Å². The number of rotatable bonds is 7. The number of hydrogen-bond donors (Lipinski definition) is 2. The number of likely N-dealkylation sites (tertiary alicyclic amines) is 1. The lowest BCUT2D eigenvalue weighted by molar-refractivity contribution is 0.0601. The van der Waals surface area contributed by atoms with Crippen molar-refractivity contribution in [3.05, 3.63) is 0 Å². The van der Waals surface area contributed by atoms with E-state index in [1.54, 1.807) is 0 Å². The standard InChI is InChI=1S/C16H33N3O/c1-13(2)17-16(12-20,14-5-6-14)11-19(4)15-7-9-18(3)10-8-15/h13-15,17,20H,5-12H2,1-4H3. The van der Waals surface area contributed by atoms with Gasteiger partial charge in [0.25, 0.3) is 0 Å². The van der Waals surface area contributed by atoms with Gasteiger partial charge in [-0.25, -0.2) is 0 Å². The van der Waals surface area contributed by atoms with Crippen LogP contribution in [0.15, 0.2) is 0 Å². The van der Waals surface area contributed by atoms with E-state index in [0.717, 1.165) is 6.54 Å². The van der Waals surface area contributed by atoms with Crippen molar-refractivity contribution in [2.24, 2.45) is 5.92 Å². The molecule has 4 heteroatoms. The van der Waals surface area contributed by atoms with E-state index >= 15 is 0 Å². The third-order valence-corrected chi connectivity index (χ3v) is 5.06. The molecule has 0 aromatic heterocycles. The van der Waals surface area contributed by atoms with Crippen LogP contribution in [0.3, 0.4) is 0 Å². The van der Waals surface area contributed by atoms with Crippen molar-refractivity contribution in [2.45, 2.75) is 57.2 Å². The maximum Gasteiger partial charge on any atom is 0.0628 e. The van der Waals surface area contributed by atoms with Gasteiger partial charge in [-0.3, -0.25) is 0 Å². The summed E-state index contributed by atoms with van der Waals surface area (Å²) in [4.78, 5) is 4.91. The van der Waals surface area contributed by atoms with Gasteiger partial charge < -0.3 is 20.2 Å². The molecule has 20 heavy (non-hydrogen) atoms. The molecule has 0 radical (unpaired) electrons. The molecular formula is C16H33N3O. The van der Waals surface area contributed by atoms with Gasteiger partial charge in [0.05, 0.1) is 12.1 Å². The minimum Gasteiger partial charge on any atom is -0.394 e. The Morgan fingerprint density at radius 1 is 1.25 bits per heavy atom. The van der Waals surface area contributed by atoms with Crippen LogP contribution in [-0.4, -0.2) is 72.9 Å². The molecule has 118 valence electrons. The summed E-state index contributed by atoms with van der Waals surface area (Å²) in [5, 5.41) is 13.7. The van der Waals surface area contributed by atoms with Crippen LogP contribution in [0.5, 0.6) is 0 Å². The molecule has 0 aromatic rings. The Hall–Kier alpha value is -0.160. The number of piperidine rings is 1. The van der Waals surface area contributed by atoms with Gasteiger partial charge in [0, 0.05) is 18.6 Å². The van der Waals surface area contributed by atoms with Gasteiger partial charge in [0.2, 0.25) is 0 Å². The fraction of sp³-hybridized carbons (Fsp3) is 1.00. The fourth-order valence-electron chi connectivity index (χ4n) is 3.74. The van der Waals surface area contributed by atoms with Crippen LogP contribution < -0.4 is 5.32 Å². The van der Waals surface area contributed by atoms with E-state index in [0.29, 0.717) is 18.0 Å². The number of aliphatic hydroxyl groups excluding tert-OH is 1. The molecule has 1 aliphatic heterocycles. The normalized spacial score (nSPS) is 25.4. The van der Waals surface area contributed by atoms with Crippen molar-refractivity contribution >= 4 is 0 Å². The lowest BCUT2D eigenvalue weighted by Gasteiger charge is -2.43. The SMILES string of the molecule is CC(C)NC(CO)(CN(C)C1CCN(C)CC1)C1CC1. The van der Waals surface area contributed by atoms with Gasteiger partial charge in [-0.1, -0.05) is 13.8 Å². The number of aliphatic hydroxyl groups is 1. The van der Waals surface area contributed by atoms with Crippen LogP contribution in [0.4, 0.5) is 0 Å². The van der Waals surface area contributed by atoms with Gasteiger partial charge in [0.15, 0.2) is 0 Å². The lowest BCUT2D eigenvalue weighted by Crippen LogP contribution is -2.61. The predicted molar refractivity (Wildman–Crippen MR) is 84.0 cm³/mol. The molecule has 2 fully saturated rings. The second kappa shape index (κ2) is 6.73. The highest BCUT2D eigenvalue weighted by atomic mass is 16.3. The zero-order chi connectivity index (χ0) is 14.8. The molecule has 1 atom stereocenters. The molecule has 1 heterocycles. The van der Waals surface area contributed by atoms with E-state index in [-0.39, 0.29) is 12.1 Å². The summed E-state index contributed by atoms with van der Waals surface area (Å²) in [6.07, 6.45) is 5.03. The summed E-state index contributed by atoms with van der Waals surface area (Å²) < 4.78 is 0. The molecule has 2 N–H and O–H groups in total. The average Bonchev–Trinajstić information content (AvgIpc) is 3.22. The van der Waals surface area contributed by atoms with E-state index in [9.17, 15) is 5.11 Å². The van der Waals surface area contributed by atoms with Crippen molar-refractivity contribution in [2.75, 3.05) is 40.3 Å². The highest BCUT2D eigenvalue weighted by Crippen LogP contribution is 2.40. The Balaban J connectivity index is 1.96. The van der Waals surface area contributed by atoms with Crippen LogP contribution in [0, 0.1) is 5.92 Å². The molecule has 1 aliphatic carbocycles. The summed E-state index contributed by atoms with van der Waals surface area (Å²) in [6, 6.07) is 1.10. The second-order valence-electron chi connectivity index (χ2n) is 7.34. The van der Waals surface area contributed by atoms with Crippen LogP contribution in [0.1, 0.15) is 39.5 Å². The predicted octanol–water partition coefficient (Wildman–Crippen LogP) is 1.15. The van der Waals surface area contributed by atoms with Crippen LogP contribution in [-0.2, 0) is 0 Å². The lowest BCUT2D eigenvalue weighted by atomic mass is 9.91. The Labute approximate surface area is 124 Å². The number of nitrogens with one attached hydrogen (secondary N) is 1. The molecule has 0 spiro atoms. The molecule has 2 rings (SSSR count). The molecule has 1 saturated heterocycles. The van der Waals surface area contributed by atoms with Crippen molar-refractivity contribution in [1.82, 2.24) is 15.1 Å². The van der Waals surface area contributed by atoms with Gasteiger partial charge in [-0.2, -0.15) is 0 Å². The Kier molecular flexibility index (Phi) is 5.46. The molecule has 0 aromatic carbocycles. The first-order valence-electron chi connectivity index (χ1n) is 8.24. The third kappa shape index (κ3) is 3.94. The van der Waals surface area contributed by atoms with Crippen LogP contribution in [0.2, 0.25) is 0 Å². The first-order valence-corrected chi connectivity index (χ1v) is 8.24. The highest BCUT2D eigenvalue weighted by Gasteiger charge is 2.46. The van der Waals surface area contributed by atoms with E-state index in [1.807, 2.05) is 0 Å². The zero-order valence-electron chi connectivity index (χ0n) is 13.7. The minimum atomic E-state index is -0.0910. The van der Waals surface area contributed by atoms with Gasteiger partial charge >= 0.3 is 0 Å². The van der Waals surface area contributed by atoms with Gasteiger partial charge in [-0.15, -0.1) is 0 Å². The van der Waals surface area contributed by atoms with Crippen molar-refractivity contribution in [3.8, 4) is 0 Å². The number of hydrogen-bond acceptors (Lipinski definition) is 4. The summed E-state index contributed by atoms with van der Waals surface area (Å²) >= 11 is 0. The summed E-state index contributed by atoms with van der Waals surface area (Å²) in [6.45, 7) is 7.99. The zero-order valence-corrected chi connectivity index (χ0v) is 13.7. The van der Waals surface area contributed by atoms with Crippen LogP contribution >= 0.6 is 0 Å². The van der Waals surface area contributed by atoms with E-state index < -0.39 is 0 Å². The third-order valence-electron chi connectivity index (χ3n) is 5.06. The smallest absolute Gasteiger partial charge is 0.0628 e. The number of likely N-dealkylation sites (N-methyl/N-ethyl adjacent to an activating group) is 1. The summed E-state index contributed by atoms with van der Waals surface area (Å²) in [5.74, 6) is 0.656. The quantitative estimate of drug-likeness (QED) is 0.735. The Morgan fingerprint density at radius 2 is 1.85 bits per heavy atom. The monoisotopic (exact) mass is 283 g/mol. The topological polar surface area (TPSA) is 38.7 Å². The maximum absolute atomic E-state index is 10.0. The number of nitrogens with zero attached hydrogens (tertiary/aromatic N) is 2. The van der Waals surface area contributed by atoms with Crippen molar-refractivity contribution in [1.29, 1.82) is 0 Å². The largest absolute Gasteiger partial charge is 0.394 e. The molecular weight excluding hydrogens is 250 g/mol. The van der Waals surface area contributed by atoms with E-state index in [2.05, 4.69) is 43.1 Å². The highest BCUT2D eigenvalue weighted by molar-refractivity contribution is 5.04. The van der Waals surface area contributed by atoms with E-state index in [1.165, 1.54) is 38.8 Å². The first-order chi connectivity index (χ1) is 9.47. The molecule has 4 nitrogen and oxygen atoms in total. The molecule has 0 bridgehead atoms. The van der Waals surface area contributed by atoms with Crippen molar-refractivity contribution < 1.29 is 5.11 Å². The Morgan fingerprint density at radius 3 is 2.30 bits per heavy atom. The maximum atomic E-state index is 10.0. The fourth-order valence-corrected chi connectivity index (χ4v) is 3.74. The minimum absolute atomic E-state index is 0.0910.